The molecule has 1 saturated carbocycles. The molecule has 0 amide bonds. The highest BCUT2D eigenvalue weighted by molar-refractivity contribution is 5.10. The minimum atomic E-state index is -0.521. The second kappa shape index (κ2) is 4.96. The second-order valence-electron chi connectivity index (χ2n) is 5.68. The van der Waals surface area contributed by atoms with Crippen LogP contribution in [-0.4, -0.2) is 45.4 Å². The molecular formula is C14H20N2O2. The fourth-order valence-electron chi connectivity index (χ4n) is 3.38. The highest BCUT2D eigenvalue weighted by atomic mass is 16.3. The van der Waals surface area contributed by atoms with E-state index in [9.17, 15) is 10.2 Å². The van der Waals surface area contributed by atoms with Gasteiger partial charge in [-0.05, 0) is 42.4 Å². The van der Waals surface area contributed by atoms with Gasteiger partial charge in [0.15, 0.2) is 0 Å². The Balaban J connectivity index is 1.62. The van der Waals surface area contributed by atoms with Crippen LogP contribution in [0.15, 0.2) is 24.5 Å². The largest absolute Gasteiger partial charge is 0.390 e. The number of hydrogen-bond donors (Lipinski definition) is 2. The summed E-state index contributed by atoms with van der Waals surface area (Å²) >= 11 is 0. The smallest absolute Gasteiger partial charge is 0.0802 e. The molecule has 1 aliphatic heterocycles. The molecule has 1 aromatic rings. The first-order valence-corrected chi connectivity index (χ1v) is 6.70. The standard InChI is InChI=1S/C14H20N2O2/c17-13-5-11-8-16(9-12(11)6-14(13)18)7-10-1-3-15-4-2-10/h1-4,11-14,17-18H,5-9H2/t11-,12+,13-,14-/m1/s1. The van der Waals surface area contributed by atoms with Crippen LogP contribution in [0, 0.1) is 11.8 Å². The lowest BCUT2D eigenvalue weighted by molar-refractivity contribution is -0.0372. The van der Waals surface area contributed by atoms with Crippen molar-refractivity contribution in [3.8, 4) is 0 Å². The van der Waals surface area contributed by atoms with Gasteiger partial charge in [-0.1, -0.05) is 0 Å². The van der Waals surface area contributed by atoms with E-state index in [1.807, 2.05) is 24.5 Å². The minimum Gasteiger partial charge on any atom is -0.390 e. The second-order valence-corrected chi connectivity index (χ2v) is 5.68. The predicted octanol–water partition coefficient (Wildman–Crippen LogP) is 0.645. The predicted molar refractivity (Wildman–Crippen MR) is 67.7 cm³/mol. The van der Waals surface area contributed by atoms with E-state index >= 15 is 0 Å². The third kappa shape index (κ3) is 2.41. The Bertz CT molecular complexity index is 380. The molecule has 2 fully saturated rings. The summed E-state index contributed by atoms with van der Waals surface area (Å²) in [7, 11) is 0. The summed E-state index contributed by atoms with van der Waals surface area (Å²) in [4.78, 5) is 6.45. The van der Waals surface area contributed by atoms with Crippen molar-refractivity contribution in [1.29, 1.82) is 0 Å². The Morgan fingerprint density at radius 2 is 1.61 bits per heavy atom. The van der Waals surface area contributed by atoms with Crippen molar-refractivity contribution in [3.05, 3.63) is 30.1 Å². The topological polar surface area (TPSA) is 56.6 Å². The molecule has 2 N–H and O–H groups in total. The lowest BCUT2D eigenvalue weighted by Crippen LogP contribution is -2.38. The summed E-state index contributed by atoms with van der Waals surface area (Å²) in [6, 6.07) is 4.09. The van der Waals surface area contributed by atoms with Crippen LogP contribution < -0.4 is 0 Å². The van der Waals surface area contributed by atoms with Gasteiger partial charge in [0.25, 0.3) is 0 Å². The minimum absolute atomic E-state index is 0.521. The van der Waals surface area contributed by atoms with Crippen molar-refractivity contribution in [2.24, 2.45) is 11.8 Å². The molecule has 3 rings (SSSR count). The number of hydrogen-bond acceptors (Lipinski definition) is 4. The molecule has 2 heterocycles. The van der Waals surface area contributed by atoms with E-state index in [1.54, 1.807) is 0 Å². The molecule has 98 valence electrons. The molecule has 0 radical (unpaired) electrons. The molecule has 1 saturated heterocycles. The van der Waals surface area contributed by atoms with Gasteiger partial charge in [-0.15, -0.1) is 0 Å². The van der Waals surface area contributed by atoms with Gasteiger partial charge < -0.3 is 10.2 Å². The van der Waals surface area contributed by atoms with E-state index in [4.69, 9.17) is 0 Å². The van der Waals surface area contributed by atoms with Gasteiger partial charge in [-0.3, -0.25) is 9.88 Å². The van der Waals surface area contributed by atoms with Crippen molar-refractivity contribution in [2.75, 3.05) is 13.1 Å². The zero-order valence-electron chi connectivity index (χ0n) is 10.4. The third-order valence-electron chi connectivity index (χ3n) is 4.34. The summed E-state index contributed by atoms with van der Waals surface area (Å²) < 4.78 is 0. The van der Waals surface area contributed by atoms with Crippen LogP contribution in [0.2, 0.25) is 0 Å². The first-order chi connectivity index (χ1) is 8.72. The maximum absolute atomic E-state index is 9.72. The number of aliphatic hydroxyl groups excluding tert-OH is 2. The van der Waals surface area contributed by atoms with Crippen molar-refractivity contribution in [1.82, 2.24) is 9.88 Å². The van der Waals surface area contributed by atoms with Crippen molar-refractivity contribution < 1.29 is 10.2 Å². The summed E-state index contributed by atoms with van der Waals surface area (Å²) in [5.41, 5.74) is 1.28. The van der Waals surface area contributed by atoms with E-state index in [0.717, 1.165) is 32.5 Å². The van der Waals surface area contributed by atoms with E-state index in [2.05, 4.69) is 9.88 Å². The molecule has 2 aliphatic rings. The maximum Gasteiger partial charge on any atom is 0.0802 e. The van der Waals surface area contributed by atoms with Crippen molar-refractivity contribution >= 4 is 0 Å². The Kier molecular flexibility index (Phi) is 3.33. The monoisotopic (exact) mass is 248 g/mol. The number of aromatic nitrogens is 1. The molecular weight excluding hydrogens is 228 g/mol. The molecule has 4 heteroatoms. The summed E-state index contributed by atoms with van der Waals surface area (Å²) in [6.45, 7) is 3.02. The summed E-state index contributed by atoms with van der Waals surface area (Å²) in [5.74, 6) is 1.09. The van der Waals surface area contributed by atoms with Crippen LogP contribution in [0.1, 0.15) is 18.4 Å². The first-order valence-electron chi connectivity index (χ1n) is 6.70. The number of rotatable bonds is 2. The van der Waals surface area contributed by atoms with E-state index in [0.29, 0.717) is 11.8 Å². The summed E-state index contributed by atoms with van der Waals surface area (Å²) in [5, 5.41) is 19.4. The van der Waals surface area contributed by atoms with Crippen LogP contribution in [0.5, 0.6) is 0 Å². The van der Waals surface area contributed by atoms with Crippen LogP contribution in [0.3, 0.4) is 0 Å². The van der Waals surface area contributed by atoms with Gasteiger partial charge in [-0.25, -0.2) is 0 Å². The summed E-state index contributed by atoms with van der Waals surface area (Å²) in [6.07, 6.45) is 4.11. The SMILES string of the molecule is O[C@@H]1C[C@@H]2CN(Cc3ccncc3)C[C@@H]2C[C@H]1O. The van der Waals surface area contributed by atoms with Crippen molar-refractivity contribution in [3.63, 3.8) is 0 Å². The lowest BCUT2D eigenvalue weighted by atomic mass is 9.79. The molecule has 1 aromatic heterocycles. The van der Waals surface area contributed by atoms with Gasteiger partial charge >= 0.3 is 0 Å². The molecule has 1 aliphatic carbocycles. The van der Waals surface area contributed by atoms with Crippen LogP contribution >= 0.6 is 0 Å². The van der Waals surface area contributed by atoms with Crippen LogP contribution in [-0.2, 0) is 6.54 Å². The fraction of sp³-hybridized carbons (Fsp3) is 0.643. The number of fused-ring (bicyclic) bond motifs is 1. The average Bonchev–Trinajstić information content (AvgIpc) is 2.72. The quantitative estimate of drug-likeness (QED) is 0.806. The Morgan fingerprint density at radius 1 is 1.06 bits per heavy atom. The number of likely N-dealkylation sites (tertiary alicyclic amines) is 1. The van der Waals surface area contributed by atoms with Crippen LogP contribution in [0.4, 0.5) is 0 Å². The molecule has 0 bridgehead atoms. The van der Waals surface area contributed by atoms with Crippen molar-refractivity contribution in [2.45, 2.75) is 31.6 Å². The fourth-order valence-corrected chi connectivity index (χ4v) is 3.38. The van der Waals surface area contributed by atoms with Gasteiger partial charge in [0.05, 0.1) is 12.2 Å². The van der Waals surface area contributed by atoms with Gasteiger partial charge in [0.1, 0.15) is 0 Å². The van der Waals surface area contributed by atoms with E-state index in [1.165, 1.54) is 5.56 Å². The Hall–Kier alpha value is -0.970. The zero-order valence-corrected chi connectivity index (χ0v) is 10.4. The molecule has 0 unspecified atom stereocenters. The normalized spacial score (nSPS) is 36.6. The van der Waals surface area contributed by atoms with Gasteiger partial charge in [0.2, 0.25) is 0 Å². The Morgan fingerprint density at radius 3 is 2.17 bits per heavy atom. The first kappa shape index (κ1) is 12.1. The average molecular weight is 248 g/mol. The molecule has 0 aromatic carbocycles. The third-order valence-corrected chi connectivity index (χ3v) is 4.34. The number of nitrogens with zero attached hydrogens (tertiary/aromatic N) is 2. The zero-order chi connectivity index (χ0) is 12.5. The number of aliphatic hydroxyl groups is 2. The van der Waals surface area contributed by atoms with Crippen LogP contribution in [0.25, 0.3) is 0 Å². The van der Waals surface area contributed by atoms with E-state index in [-0.39, 0.29) is 0 Å². The molecule has 4 nitrogen and oxygen atoms in total. The highest BCUT2D eigenvalue weighted by Gasteiger charge is 2.40. The number of pyridine rings is 1. The highest BCUT2D eigenvalue weighted by Crippen LogP contribution is 2.36. The van der Waals surface area contributed by atoms with Gasteiger partial charge in [-0.2, -0.15) is 0 Å². The molecule has 0 spiro atoms. The molecule has 4 atom stereocenters. The molecule has 18 heavy (non-hydrogen) atoms. The Labute approximate surface area is 107 Å². The maximum atomic E-state index is 9.72. The van der Waals surface area contributed by atoms with Gasteiger partial charge in [0, 0.05) is 32.0 Å². The van der Waals surface area contributed by atoms with E-state index < -0.39 is 12.2 Å². The lowest BCUT2D eigenvalue weighted by Gasteiger charge is -2.32.